The summed E-state index contributed by atoms with van der Waals surface area (Å²) in [5.74, 6) is 0.277. The summed E-state index contributed by atoms with van der Waals surface area (Å²) in [5.41, 5.74) is 1.60. The van der Waals surface area contributed by atoms with Crippen molar-refractivity contribution in [3.8, 4) is 0 Å². The van der Waals surface area contributed by atoms with Gasteiger partial charge in [0.15, 0.2) is 0 Å². The number of nitrogens with one attached hydrogen (secondary N) is 1. The van der Waals surface area contributed by atoms with Crippen LogP contribution in [0.4, 0.5) is 4.79 Å². The number of methoxy groups -OCH3 is 1. The zero-order chi connectivity index (χ0) is 19.2. The predicted octanol–water partition coefficient (Wildman–Crippen LogP) is 1.80. The van der Waals surface area contributed by atoms with Gasteiger partial charge in [-0.15, -0.1) is 0 Å². The Bertz CT molecular complexity index is 745. The van der Waals surface area contributed by atoms with Crippen LogP contribution in [0.15, 0.2) is 47.1 Å². The molecular formula is C20H26N4O3. The maximum Gasteiger partial charge on any atom is 0.329 e. The van der Waals surface area contributed by atoms with Crippen molar-refractivity contribution in [2.75, 3.05) is 33.4 Å². The Hall–Kier alpha value is -2.67. The first kappa shape index (κ1) is 19.1. The average molecular weight is 370 g/mol. The Balaban J connectivity index is 1.83. The molecule has 0 radical (unpaired) electrons. The van der Waals surface area contributed by atoms with Gasteiger partial charge in [0.25, 0.3) is 5.91 Å². The van der Waals surface area contributed by atoms with E-state index >= 15 is 0 Å². The van der Waals surface area contributed by atoms with E-state index in [9.17, 15) is 9.59 Å². The number of hydrogen-bond acceptors (Lipinski definition) is 4. The van der Waals surface area contributed by atoms with Gasteiger partial charge in [-0.05, 0) is 18.4 Å². The second-order valence-corrected chi connectivity index (χ2v) is 6.67. The van der Waals surface area contributed by atoms with E-state index in [2.05, 4.69) is 17.4 Å². The standard InChI is InChI=1S/C20H26N4O3/c1-3-9-21-19(25)17-14-23(10-11-27-2)20(26)24-13-16(22-18(17)24)12-15-7-5-4-6-8-15/h4-8,14,16H,3,9-13H2,1-2H3,(H,21,25)/t16-/m1/s1. The van der Waals surface area contributed by atoms with Crippen LogP contribution < -0.4 is 5.32 Å². The lowest BCUT2D eigenvalue weighted by Gasteiger charge is -2.31. The molecule has 27 heavy (non-hydrogen) atoms. The lowest BCUT2D eigenvalue weighted by atomic mass is 10.1. The van der Waals surface area contributed by atoms with Gasteiger partial charge in [0.05, 0.1) is 31.3 Å². The molecule has 0 unspecified atom stereocenters. The summed E-state index contributed by atoms with van der Waals surface area (Å²) in [6, 6.07) is 9.84. The molecular weight excluding hydrogens is 344 g/mol. The Morgan fingerprint density at radius 3 is 2.81 bits per heavy atom. The molecule has 7 nitrogen and oxygen atoms in total. The fourth-order valence-corrected chi connectivity index (χ4v) is 3.23. The minimum absolute atomic E-state index is 0.0592. The molecule has 2 heterocycles. The molecule has 3 amide bonds. The van der Waals surface area contributed by atoms with Gasteiger partial charge in [-0.3, -0.25) is 19.6 Å². The molecule has 1 N–H and O–H groups in total. The van der Waals surface area contributed by atoms with E-state index in [0.717, 1.165) is 18.4 Å². The number of hydrogen-bond donors (Lipinski definition) is 1. The zero-order valence-corrected chi connectivity index (χ0v) is 15.9. The summed E-state index contributed by atoms with van der Waals surface area (Å²) in [6.45, 7) is 3.86. The van der Waals surface area contributed by atoms with E-state index in [-0.39, 0.29) is 18.0 Å². The van der Waals surface area contributed by atoms with Crippen LogP contribution in [-0.2, 0) is 16.0 Å². The molecule has 7 heteroatoms. The molecule has 144 valence electrons. The normalized spacial score (nSPS) is 18.9. The van der Waals surface area contributed by atoms with Gasteiger partial charge in [0, 0.05) is 19.9 Å². The number of amides is 3. The largest absolute Gasteiger partial charge is 0.383 e. The Labute approximate surface area is 159 Å². The van der Waals surface area contributed by atoms with Gasteiger partial charge in [0.1, 0.15) is 5.84 Å². The second kappa shape index (κ2) is 8.81. The molecule has 1 aromatic carbocycles. The van der Waals surface area contributed by atoms with Crippen molar-refractivity contribution in [2.24, 2.45) is 4.99 Å². The SMILES string of the molecule is CCCNC(=O)C1=CN(CCOC)C(=O)N2C[C@@H](Cc3ccccc3)N=C12. The summed E-state index contributed by atoms with van der Waals surface area (Å²) in [5, 5.41) is 2.89. The van der Waals surface area contributed by atoms with Crippen molar-refractivity contribution < 1.29 is 14.3 Å². The van der Waals surface area contributed by atoms with Gasteiger partial charge >= 0.3 is 6.03 Å². The van der Waals surface area contributed by atoms with E-state index in [4.69, 9.17) is 9.73 Å². The number of carbonyl (C=O) groups excluding carboxylic acids is 2. The Morgan fingerprint density at radius 1 is 1.33 bits per heavy atom. The van der Waals surface area contributed by atoms with E-state index in [1.54, 1.807) is 18.2 Å². The second-order valence-electron chi connectivity index (χ2n) is 6.67. The van der Waals surface area contributed by atoms with Crippen LogP contribution in [0.2, 0.25) is 0 Å². The smallest absolute Gasteiger partial charge is 0.329 e. The Kier molecular flexibility index (Phi) is 6.24. The highest BCUT2D eigenvalue weighted by atomic mass is 16.5. The number of nitrogens with zero attached hydrogens (tertiary/aromatic N) is 3. The third-order valence-corrected chi connectivity index (χ3v) is 4.59. The third kappa shape index (κ3) is 4.36. The molecule has 0 aromatic heterocycles. The number of urea groups is 1. The van der Waals surface area contributed by atoms with Crippen molar-refractivity contribution in [3.63, 3.8) is 0 Å². The maximum atomic E-state index is 12.8. The molecule has 1 aromatic rings. The number of ether oxygens (including phenoxy) is 1. The van der Waals surface area contributed by atoms with Gasteiger partial charge in [-0.25, -0.2) is 4.79 Å². The first-order chi connectivity index (χ1) is 13.1. The summed E-state index contributed by atoms with van der Waals surface area (Å²) in [6.07, 6.45) is 3.18. The minimum Gasteiger partial charge on any atom is -0.383 e. The summed E-state index contributed by atoms with van der Waals surface area (Å²) in [7, 11) is 1.59. The molecule has 0 aliphatic carbocycles. The zero-order valence-electron chi connectivity index (χ0n) is 15.9. The molecule has 3 rings (SSSR count). The van der Waals surface area contributed by atoms with Crippen molar-refractivity contribution in [2.45, 2.75) is 25.8 Å². The molecule has 2 aliphatic heterocycles. The topological polar surface area (TPSA) is 74.2 Å². The fourth-order valence-electron chi connectivity index (χ4n) is 3.23. The molecule has 0 saturated carbocycles. The van der Waals surface area contributed by atoms with Crippen LogP contribution in [0.3, 0.4) is 0 Å². The first-order valence-electron chi connectivity index (χ1n) is 9.33. The maximum absolute atomic E-state index is 12.8. The van der Waals surface area contributed by atoms with Gasteiger partial charge in [-0.2, -0.15) is 0 Å². The summed E-state index contributed by atoms with van der Waals surface area (Å²) in [4.78, 5) is 33.3. The monoisotopic (exact) mass is 370 g/mol. The lowest BCUT2D eigenvalue weighted by molar-refractivity contribution is -0.117. The Morgan fingerprint density at radius 2 is 2.11 bits per heavy atom. The number of fused-ring (bicyclic) bond motifs is 1. The number of benzene rings is 1. The van der Waals surface area contributed by atoms with Crippen molar-refractivity contribution in [1.82, 2.24) is 15.1 Å². The number of rotatable bonds is 8. The van der Waals surface area contributed by atoms with Crippen LogP contribution in [0.25, 0.3) is 0 Å². The highest BCUT2D eigenvalue weighted by Gasteiger charge is 2.39. The molecule has 1 atom stereocenters. The number of amidine groups is 1. The van der Waals surface area contributed by atoms with Crippen LogP contribution >= 0.6 is 0 Å². The van der Waals surface area contributed by atoms with Crippen molar-refractivity contribution >= 4 is 17.8 Å². The van der Waals surface area contributed by atoms with Crippen LogP contribution in [0.1, 0.15) is 18.9 Å². The quantitative estimate of drug-likeness (QED) is 0.758. The van der Waals surface area contributed by atoms with E-state index in [1.807, 2.05) is 25.1 Å². The van der Waals surface area contributed by atoms with Gasteiger partial charge in [-0.1, -0.05) is 37.3 Å². The van der Waals surface area contributed by atoms with E-state index in [1.165, 1.54) is 4.90 Å². The summed E-state index contributed by atoms with van der Waals surface area (Å²) >= 11 is 0. The van der Waals surface area contributed by atoms with Crippen LogP contribution in [0, 0.1) is 0 Å². The number of carbonyl (C=O) groups is 2. The summed E-state index contributed by atoms with van der Waals surface area (Å²) < 4.78 is 5.09. The van der Waals surface area contributed by atoms with E-state index in [0.29, 0.717) is 37.6 Å². The van der Waals surface area contributed by atoms with Crippen molar-refractivity contribution in [1.29, 1.82) is 0 Å². The highest BCUT2D eigenvalue weighted by molar-refractivity contribution is 6.25. The molecule has 2 aliphatic rings. The van der Waals surface area contributed by atoms with Gasteiger partial charge in [0.2, 0.25) is 0 Å². The third-order valence-electron chi connectivity index (χ3n) is 4.59. The van der Waals surface area contributed by atoms with Gasteiger partial charge < -0.3 is 10.1 Å². The predicted molar refractivity (Wildman–Crippen MR) is 103 cm³/mol. The molecule has 0 fully saturated rings. The molecule has 0 spiro atoms. The molecule has 0 saturated heterocycles. The fraction of sp³-hybridized carbons (Fsp3) is 0.450. The van der Waals surface area contributed by atoms with Crippen LogP contribution in [-0.4, -0.2) is 67.0 Å². The minimum atomic E-state index is -0.198. The molecule has 0 bridgehead atoms. The first-order valence-corrected chi connectivity index (χ1v) is 9.33. The average Bonchev–Trinajstić information content (AvgIpc) is 3.10. The highest BCUT2D eigenvalue weighted by Crippen LogP contribution is 2.24. The number of aliphatic imine (C=N–C) groups is 1. The lowest BCUT2D eigenvalue weighted by Crippen LogP contribution is -2.50. The van der Waals surface area contributed by atoms with Crippen molar-refractivity contribution in [3.05, 3.63) is 47.7 Å². The van der Waals surface area contributed by atoms with Crippen LogP contribution in [0.5, 0.6) is 0 Å². The van der Waals surface area contributed by atoms with E-state index < -0.39 is 0 Å².